The van der Waals surface area contributed by atoms with Crippen molar-refractivity contribution in [3.63, 3.8) is 0 Å². The van der Waals surface area contributed by atoms with Gasteiger partial charge in [0.2, 0.25) is 5.91 Å². The lowest BCUT2D eigenvalue weighted by Gasteiger charge is -2.19. The molecular formula is C27H37N3O3. The van der Waals surface area contributed by atoms with Crippen LogP contribution < -0.4 is 10.1 Å². The van der Waals surface area contributed by atoms with Crippen LogP contribution >= 0.6 is 0 Å². The number of benzene rings is 2. The number of amides is 1. The number of carbonyl (C=O) groups excluding carboxylic acids is 1. The maximum absolute atomic E-state index is 11.6. The number of nitrogens with zero attached hydrogens (tertiary/aromatic N) is 2. The summed E-state index contributed by atoms with van der Waals surface area (Å²) < 4.78 is 13.1. The monoisotopic (exact) mass is 451 g/mol. The molecule has 2 aromatic carbocycles. The average molecular weight is 452 g/mol. The van der Waals surface area contributed by atoms with Crippen LogP contribution in [0.15, 0.2) is 48.5 Å². The standard InChI is InChI=1S/C27H37N3O3/c1-27(2,3)21-13-15-22(16-14-21)33-19-8-7-18-30-24-11-6-5-10-23(24)29-25(30)12-9-17-28-26(31)20-32-4/h5-6,10-11,13-16H,7-9,12,17-20H2,1-4H3,(H,28,31). The number of rotatable bonds is 12. The smallest absolute Gasteiger partial charge is 0.245 e. The van der Waals surface area contributed by atoms with Crippen molar-refractivity contribution in [1.82, 2.24) is 14.9 Å². The predicted octanol–water partition coefficient (Wildman–Crippen LogP) is 4.89. The number of hydrogen-bond acceptors (Lipinski definition) is 4. The molecule has 0 saturated carbocycles. The molecule has 3 aromatic rings. The summed E-state index contributed by atoms with van der Waals surface area (Å²) in [7, 11) is 1.52. The van der Waals surface area contributed by atoms with Gasteiger partial charge >= 0.3 is 0 Å². The topological polar surface area (TPSA) is 65.4 Å². The molecule has 0 spiro atoms. The van der Waals surface area contributed by atoms with E-state index in [4.69, 9.17) is 14.5 Å². The Morgan fingerprint density at radius 3 is 2.52 bits per heavy atom. The maximum Gasteiger partial charge on any atom is 0.245 e. The first-order chi connectivity index (χ1) is 15.9. The van der Waals surface area contributed by atoms with E-state index < -0.39 is 0 Å². The quantitative estimate of drug-likeness (QED) is 0.398. The third kappa shape index (κ3) is 7.32. The first-order valence-electron chi connectivity index (χ1n) is 11.8. The molecule has 1 heterocycles. The first kappa shape index (κ1) is 24.8. The van der Waals surface area contributed by atoms with Gasteiger partial charge in [0, 0.05) is 26.6 Å². The summed E-state index contributed by atoms with van der Waals surface area (Å²) in [5.74, 6) is 1.90. The van der Waals surface area contributed by atoms with E-state index in [0.29, 0.717) is 13.2 Å². The molecule has 0 bridgehead atoms. The number of methoxy groups -OCH3 is 1. The molecule has 3 rings (SSSR count). The van der Waals surface area contributed by atoms with Crippen molar-refractivity contribution in [2.45, 2.75) is 58.4 Å². The van der Waals surface area contributed by atoms with Gasteiger partial charge in [0.05, 0.1) is 17.6 Å². The van der Waals surface area contributed by atoms with Gasteiger partial charge in [-0.25, -0.2) is 4.98 Å². The number of para-hydroxylation sites is 2. The Morgan fingerprint density at radius 1 is 1.03 bits per heavy atom. The summed E-state index contributed by atoms with van der Waals surface area (Å²) in [5, 5.41) is 2.88. The lowest BCUT2D eigenvalue weighted by Crippen LogP contribution is -2.28. The van der Waals surface area contributed by atoms with Gasteiger partial charge in [0.15, 0.2) is 0 Å². The minimum absolute atomic E-state index is 0.0842. The molecule has 6 nitrogen and oxygen atoms in total. The summed E-state index contributed by atoms with van der Waals surface area (Å²) in [6, 6.07) is 16.7. The molecule has 0 aliphatic heterocycles. The minimum atomic E-state index is -0.0842. The molecule has 0 aliphatic carbocycles. The van der Waals surface area contributed by atoms with Gasteiger partial charge in [-0.15, -0.1) is 0 Å². The van der Waals surface area contributed by atoms with Gasteiger partial charge in [-0.05, 0) is 54.5 Å². The normalized spacial score (nSPS) is 11.6. The van der Waals surface area contributed by atoms with Gasteiger partial charge in [0.1, 0.15) is 18.2 Å². The molecule has 0 radical (unpaired) electrons. The van der Waals surface area contributed by atoms with Crippen molar-refractivity contribution >= 4 is 16.9 Å². The van der Waals surface area contributed by atoms with Crippen molar-refractivity contribution in [3.8, 4) is 5.75 Å². The SMILES string of the molecule is COCC(=O)NCCCc1nc2ccccc2n1CCCCOc1ccc(C(C)(C)C)cc1. The molecule has 0 atom stereocenters. The number of imidazole rings is 1. The number of aryl methyl sites for hydroxylation is 2. The van der Waals surface area contributed by atoms with Crippen LogP contribution in [0.1, 0.15) is 51.4 Å². The van der Waals surface area contributed by atoms with Crippen LogP contribution in [0.2, 0.25) is 0 Å². The Labute approximate surface area is 197 Å². The molecule has 1 amide bonds. The molecule has 178 valence electrons. The van der Waals surface area contributed by atoms with E-state index in [9.17, 15) is 4.79 Å². The Hall–Kier alpha value is -2.86. The summed E-state index contributed by atoms with van der Waals surface area (Å²) in [6.07, 6.45) is 3.64. The highest BCUT2D eigenvalue weighted by Gasteiger charge is 2.13. The number of hydrogen-bond donors (Lipinski definition) is 1. The van der Waals surface area contributed by atoms with E-state index in [-0.39, 0.29) is 17.9 Å². The molecular weight excluding hydrogens is 414 g/mol. The predicted molar refractivity (Wildman–Crippen MR) is 133 cm³/mol. The largest absolute Gasteiger partial charge is 0.494 e. The fourth-order valence-corrected chi connectivity index (χ4v) is 3.84. The third-order valence-electron chi connectivity index (χ3n) is 5.67. The van der Waals surface area contributed by atoms with E-state index >= 15 is 0 Å². The second-order valence-electron chi connectivity index (χ2n) is 9.38. The number of unbranched alkanes of at least 4 members (excludes halogenated alkanes) is 1. The zero-order chi connectivity index (χ0) is 23.7. The van der Waals surface area contributed by atoms with E-state index in [1.807, 2.05) is 6.07 Å². The Bertz CT molecular complexity index is 1020. The van der Waals surface area contributed by atoms with E-state index in [2.05, 4.69) is 73.1 Å². The van der Waals surface area contributed by atoms with Crippen molar-refractivity contribution < 1.29 is 14.3 Å². The highest BCUT2D eigenvalue weighted by Crippen LogP contribution is 2.24. The number of ether oxygens (including phenoxy) is 2. The van der Waals surface area contributed by atoms with Crippen molar-refractivity contribution in [1.29, 1.82) is 0 Å². The molecule has 33 heavy (non-hydrogen) atoms. The third-order valence-corrected chi connectivity index (χ3v) is 5.67. The molecule has 1 N–H and O–H groups in total. The zero-order valence-corrected chi connectivity index (χ0v) is 20.4. The minimum Gasteiger partial charge on any atom is -0.494 e. The Balaban J connectivity index is 1.49. The number of fused-ring (bicyclic) bond motifs is 1. The van der Waals surface area contributed by atoms with Crippen molar-refractivity contribution in [3.05, 3.63) is 59.9 Å². The molecule has 0 aliphatic rings. The number of carbonyl (C=O) groups is 1. The number of nitrogens with one attached hydrogen (secondary N) is 1. The highest BCUT2D eigenvalue weighted by molar-refractivity contribution is 5.77. The van der Waals surface area contributed by atoms with Crippen LogP contribution in [0.3, 0.4) is 0 Å². The Kier molecular flexibility index (Phi) is 8.89. The van der Waals surface area contributed by atoms with Crippen LogP contribution in [0.4, 0.5) is 0 Å². The lowest BCUT2D eigenvalue weighted by molar-refractivity contribution is -0.124. The number of aromatic nitrogens is 2. The summed E-state index contributed by atoms with van der Waals surface area (Å²) >= 11 is 0. The fourth-order valence-electron chi connectivity index (χ4n) is 3.84. The van der Waals surface area contributed by atoms with Crippen LogP contribution in [0.5, 0.6) is 5.75 Å². The average Bonchev–Trinajstić information content (AvgIpc) is 3.14. The van der Waals surface area contributed by atoms with Crippen LogP contribution in [0.25, 0.3) is 11.0 Å². The van der Waals surface area contributed by atoms with Crippen LogP contribution in [0, 0.1) is 0 Å². The van der Waals surface area contributed by atoms with Gasteiger partial charge in [0.25, 0.3) is 0 Å². The fraction of sp³-hybridized carbons (Fsp3) is 0.481. The molecule has 6 heteroatoms. The van der Waals surface area contributed by atoms with E-state index in [1.54, 1.807) is 0 Å². The van der Waals surface area contributed by atoms with Gasteiger partial charge in [-0.1, -0.05) is 45.0 Å². The first-order valence-corrected chi connectivity index (χ1v) is 11.8. The summed E-state index contributed by atoms with van der Waals surface area (Å²) in [5.41, 5.74) is 3.65. The lowest BCUT2D eigenvalue weighted by atomic mass is 9.87. The van der Waals surface area contributed by atoms with Crippen LogP contribution in [-0.4, -0.2) is 42.3 Å². The van der Waals surface area contributed by atoms with Crippen molar-refractivity contribution in [2.24, 2.45) is 0 Å². The maximum atomic E-state index is 11.6. The second-order valence-corrected chi connectivity index (χ2v) is 9.38. The van der Waals surface area contributed by atoms with Crippen molar-refractivity contribution in [2.75, 3.05) is 26.9 Å². The van der Waals surface area contributed by atoms with Gasteiger partial charge in [-0.3, -0.25) is 4.79 Å². The molecule has 0 fully saturated rings. The highest BCUT2D eigenvalue weighted by atomic mass is 16.5. The van der Waals surface area contributed by atoms with E-state index in [0.717, 1.165) is 54.8 Å². The zero-order valence-electron chi connectivity index (χ0n) is 20.4. The molecule has 1 aromatic heterocycles. The van der Waals surface area contributed by atoms with Gasteiger partial charge in [-0.2, -0.15) is 0 Å². The Morgan fingerprint density at radius 2 is 1.79 bits per heavy atom. The van der Waals surface area contributed by atoms with E-state index in [1.165, 1.54) is 12.7 Å². The summed E-state index contributed by atoms with van der Waals surface area (Å²) in [6.45, 7) is 8.96. The summed E-state index contributed by atoms with van der Waals surface area (Å²) in [4.78, 5) is 16.4. The van der Waals surface area contributed by atoms with Gasteiger partial charge < -0.3 is 19.4 Å². The molecule has 0 saturated heterocycles. The molecule has 0 unspecified atom stereocenters. The second kappa shape index (κ2) is 11.8. The van der Waals surface area contributed by atoms with Crippen LogP contribution in [-0.2, 0) is 27.9 Å².